The molecule has 0 aliphatic rings. The van der Waals surface area contributed by atoms with E-state index in [9.17, 15) is 4.79 Å². The van der Waals surface area contributed by atoms with E-state index in [0.29, 0.717) is 33.3 Å². The summed E-state index contributed by atoms with van der Waals surface area (Å²) in [6.45, 7) is 3.77. The van der Waals surface area contributed by atoms with Crippen molar-refractivity contribution >= 4 is 40.9 Å². The van der Waals surface area contributed by atoms with Crippen molar-refractivity contribution < 1.29 is 9.21 Å². The monoisotopic (exact) mass is 501 g/mol. The first-order valence-electron chi connectivity index (χ1n) is 10.2. The second kappa shape index (κ2) is 10.4. The Bertz CT molecular complexity index is 1260. The summed E-state index contributed by atoms with van der Waals surface area (Å²) < 4.78 is 7.42. The van der Waals surface area contributed by atoms with Gasteiger partial charge in [-0.2, -0.15) is 0 Å². The molecule has 0 saturated heterocycles. The predicted molar refractivity (Wildman–Crippen MR) is 129 cm³/mol. The molecule has 33 heavy (non-hydrogen) atoms. The highest BCUT2D eigenvalue weighted by Crippen LogP contribution is 2.30. The number of carbonyl (C=O) groups excluding carboxylic acids is 1. The minimum Gasteiger partial charge on any atom is -0.447 e. The maximum absolute atomic E-state index is 12.1. The molecule has 2 aromatic carbocycles. The van der Waals surface area contributed by atoms with E-state index in [1.165, 1.54) is 18.0 Å². The molecule has 1 amide bonds. The molecule has 4 aromatic rings. The lowest BCUT2D eigenvalue weighted by Gasteiger charge is -2.11. The zero-order chi connectivity index (χ0) is 23.4. The number of nitrogens with one attached hydrogen (secondary N) is 1. The lowest BCUT2D eigenvalue weighted by molar-refractivity contribution is 0.0938. The fraction of sp³-hybridized carbons (Fsp3) is 0.217. The fourth-order valence-corrected chi connectivity index (χ4v) is 4.23. The summed E-state index contributed by atoms with van der Waals surface area (Å²) in [6, 6.07) is 15.4. The van der Waals surface area contributed by atoms with E-state index >= 15 is 0 Å². The number of benzene rings is 2. The van der Waals surface area contributed by atoms with Crippen LogP contribution in [-0.2, 0) is 12.2 Å². The van der Waals surface area contributed by atoms with Crippen LogP contribution in [0.1, 0.15) is 41.6 Å². The van der Waals surface area contributed by atoms with Crippen molar-refractivity contribution in [3.63, 3.8) is 0 Å². The quantitative estimate of drug-likeness (QED) is 0.317. The van der Waals surface area contributed by atoms with E-state index in [4.69, 9.17) is 27.6 Å². The Labute approximate surface area is 205 Å². The Balaban J connectivity index is 1.59. The van der Waals surface area contributed by atoms with Gasteiger partial charge in [0, 0.05) is 12.5 Å². The maximum atomic E-state index is 12.1. The first-order chi connectivity index (χ1) is 15.9. The molecule has 1 N–H and O–H groups in total. The number of nitrogens with zero attached hydrogens (tertiary/aromatic N) is 4. The highest BCUT2D eigenvalue weighted by Gasteiger charge is 2.18. The Morgan fingerprint density at radius 2 is 1.91 bits per heavy atom. The van der Waals surface area contributed by atoms with Gasteiger partial charge < -0.3 is 9.73 Å². The summed E-state index contributed by atoms with van der Waals surface area (Å²) in [5.74, 6) is 1.28. The van der Waals surface area contributed by atoms with Crippen LogP contribution in [0.2, 0.25) is 10.0 Å². The Hall–Kier alpha value is -2.81. The number of oxazole rings is 1. The normalized spacial score (nSPS) is 11.2. The molecular formula is C23H21Cl2N5O2S. The predicted octanol–water partition coefficient (Wildman–Crippen LogP) is 5.58. The zero-order valence-corrected chi connectivity index (χ0v) is 20.3. The molecule has 170 valence electrons. The van der Waals surface area contributed by atoms with E-state index in [-0.39, 0.29) is 17.6 Å². The Morgan fingerprint density at radius 3 is 2.64 bits per heavy atom. The molecule has 2 aromatic heterocycles. The van der Waals surface area contributed by atoms with Crippen molar-refractivity contribution in [3.05, 3.63) is 87.8 Å². The van der Waals surface area contributed by atoms with Crippen LogP contribution < -0.4 is 5.32 Å². The highest BCUT2D eigenvalue weighted by atomic mass is 35.5. The van der Waals surface area contributed by atoms with E-state index in [2.05, 4.69) is 20.5 Å². The zero-order valence-electron chi connectivity index (χ0n) is 18.0. The van der Waals surface area contributed by atoms with Crippen molar-refractivity contribution in [2.75, 3.05) is 0 Å². The van der Waals surface area contributed by atoms with Gasteiger partial charge in [-0.1, -0.05) is 65.3 Å². The standard InChI is InChI=1S/C23H21Cl2N5O2S/c1-14(2)26-22(31)19-12-32-21(27-19)13-33-23-29-28-20(10-15-6-4-3-5-7-15)30(23)16-8-9-17(24)18(25)11-16/h3-9,11-12,14H,10,13H2,1-2H3,(H,26,31). The molecule has 4 rings (SSSR count). The van der Waals surface area contributed by atoms with Crippen LogP contribution in [0.15, 0.2) is 64.4 Å². The third-order valence-corrected chi connectivity index (χ3v) is 6.25. The van der Waals surface area contributed by atoms with Crippen LogP contribution in [0.3, 0.4) is 0 Å². The number of rotatable bonds is 8. The number of amides is 1. The molecule has 2 heterocycles. The smallest absolute Gasteiger partial charge is 0.273 e. The van der Waals surface area contributed by atoms with Crippen molar-refractivity contribution in [2.24, 2.45) is 0 Å². The molecule has 0 radical (unpaired) electrons. The van der Waals surface area contributed by atoms with E-state index in [1.54, 1.807) is 12.1 Å². The Kier molecular flexibility index (Phi) is 7.37. The van der Waals surface area contributed by atoms with Gasteiger partial charge in [-0.15, -0.1) is 10.2 Å². The van der Waals surface area contributed by atoms with Crippen LogP contribution in [0.4, 0.5) is 0 Å². The minimum absolute atomic E-state index is 0.0137. The summed E-state index contributed by atoms with van der Waals surface area (Å²) in [6.07, 6.45) is 1.95. The topological polar surface area (TPSA) is 85.8 Å². The number of carbonyl (C=O) groups is 1. The largest absolute Gasteiger partial charge is 0.447 e. The number of hydrogen-bond donors (Lipinski definition) is 1. The maximum Gasteiger partial charge on any atom is 0.273 e. The van der Waals surface area contributed by atoms with Gasteiger partial charge in [-0.05, 0) is 37.6 Å². The molecule has 0 bridgehead atoms. The van der Waals surface area contributed by atoms with Crippen LogP contribution in [0.5, 0.6) is 0 Å². The van der Waals surface area contributed by atoms with Crippen LogP contribution >= 0.6 is 35.0 Å². The molecule has 7 nitrogen and oxygen atoms in total. The van der Waals surface area contributed by atoms with E-state index < -0.39 is 0 Å². The van der Waals surface area contributed by atoms with Crippen LogP contribution in [-0.4, -0.2) is 31.7 Å². The third-order valence-electron chi connectivity index (χ3n) is 4.60. The van der Waals surface area contributed by atoms with Crippen molar-refractivity contribution in [1.82, 2.24) is 25.1 Å². The molecular weight excluding hydrogens is 481 g/mol. The molecule has 0 aliphatic heterocycles. The van der Waals surface area contributed by atoms with Crippen LogP contribution in [0.25, 0.3) is 5.69 Å². The second-order valence-corrected chi connectivity index (χ2v) is 9.30. The molecule has 10 heteroatoms. The highest BCUT2D eigenvalue weighted by molar-refractivity contribution is 7.98. The van der Waals surface area contributed by atoms with Gasteiger partial charge in [-0.3, -0.25) is 9.36 Å². The number of hydrogen-bond acceptors (Lipinski definition) is 6. The number of halogens is 2. The number of aromatic nitrogens is 4. The van der Waals surface area contributed by atoms with Gasteiger partial charge in [-0.25, -0.2) is 4.98 Å². The average Bonchev–Trinajstić information content (AvgIpc) is 3.42. The van der Waals surface area contributed by atoms with Gasteiger partial charge in [0.15, 0.2) is 10.9 Å². The minimum atomic E-state index is -0.269. The SMILES string of the molecule is CC(C)NC(=O)c1coc(CSc2nnc(Cc3ccccc3)n2-c2ccc(Cl)c(Cl)c2)n1. The lowest BCUT2D eigenvalue weighted by Crippen LogP contribution is -2.30. The van der Waals surface area contributed by atoms with Gasteiger partial charge in [0.25, 0.3) is 5.91 Å². The first-order valence-corrected chi connectivity index (χ1v) is 12.0. The van der Waals surface area contributed by atoms with Gasteiger partial charge in [0.2, 0.25) is 5.89 Å². The summed E-state index contributed by atoms with van der Waals surface area (Å²) in [7, 11) is 0. The van der Waals surface area contributed by atoms with Gasteiger partial charge in [0.05, 0.1) is 21.5 Å². The second-order valence-electron chi connectivity index (χ2n) is 7.54. The van der Waals surface area contributed by atoms with Gasteiger partial charge in [0.1, 0.15) is 12.1 Å². The van der Waals surface area contributed by atoms with Crippen molar-refractivity contribution in [2.45, 2.75) is 37.2 Å². The third kappa shape index (κ3) is 5.76. The van der Waals surface area contributed by atoms with E-state index in [0.717, 1.165) is 17.1 Å². The first kappa shape index (κ1) is 23.4. The molecule has 0 atom stereocenters. The molecule has 0 aliphatic carbocycles. The van der Waals surface area contributed by atoms with Crippen LogP contribution in [0, 0.1) is 0 Å². The molecule has 0 fully saturated rings. The summed E-state index contributed by atoms with van der Waals surface area (Å²) in [5.41, 5.74) is 2.15. The summed E-state index contributed by atoms with van der Waals surface area (Å²) in [5, 5.41) is 13.2. The van der Waals surface area contributed by atoms with Gasteiger partial charge >= 0.3 is 0 Å². The van der Waals surface area contributed by atoms with Crippen molar-refractivity contribution in [3.8, 4) is 5.69 Å². The Morgan fingerprint density at radius 1 is 1.12 bits per heavy atom. The molecule has 0 unspecified atom stereocenters. The average molecular weight is 502 g/mol. The van der Waals surface area contributed by atoms with Crippen molar-refractivity contribution in [1.29, 1.82) is 0 Å². The number of thioether (sulfide) groups is 1. The lowest BCUT2D eigenvalue weighted by atomic mass is 10.1. The molecule has 0 saturated carbocycles. The fourth-order valence-electron chi connectivity index (χ4n) is 3.11. The van der Waals surface area contributed by atoms with E-state index in [1.807, 2.05) is 54.8 Å². The summed E-state index contributed by atoms with van der Waals surface area (Å²) in [4.78, 5) is 16.4. The molecule has 0 spiro atoms. The summed E-state index contributed by atoms with van der Waals surface area (Å²) >= 11 is 13.8.